The fourth-order valence-corrected chi connectivity index (χ4v) is 4.46. The molecule has 1 N–H and O–H groups in total. The zero-order valence-electron chi connectivity index (χ0n) is 21.4. The van der Waals surface area contributed by atoms with Crippen LogP contribution < -0.4 is 5.36 Å². The molecule has 4 nitrogen and oxygen atoms in total. The summed E-state index contributed by atoms with van der Waals surface area (Å²) in [5.74, 6) is 0. The second kappa shape index (κ2) is 17.2. The van der Waals surface area contributed by atoms with Gasteiger partial charge in [-0.05, 0) is 30.7 Å². The van der Waals surface area contributed by atoms with E-state index in [1.807, 2.05) is 42.5 Å². The van der Waals surface area contributed by atoms with Gasteiger partial charge in [0.2, 0.25) is 0 Å². The summed E-state index contributed by atoms with van der Waals surface area (Å²) >= 11 is 0. The predicted molar refractivity (Wildman–Crippen MR) is 155 cm³/mol. The van der Waals surface area contributed by atoms with E-state index in [0.29, 0.717) is 5.71 Å². The molecule has 2 aromatic rings. The second-order valence-corrected chi connectivity index (χ2v) is 9.41. The first-order valence-corrected chi connectivity index (χ1v) is 13.4. The third-order valence-electron chi connectivity index (χ3n) is 6.57. The van der Waals surface area contributed by atoms with Crippen molar-refractivity contribution < 1.29 is 0 Å². The van der Waals surface area contributed by atoms with Gasteiger partial charge in [0, 0.05) is 30.1 Å². The minimum Gasteiger partial charge on any atom is -0.354 e. The van der Waals surface area contributed by atoms with Crippen molar-refractivity contribution in [3.8, 4) is 0 Å². The minimum absolute atomic E-state index is 0. The van der Waals surface area contributed by atoms with Gasteiger partial charge in [0.25, 0.3) is 0 Å². The molecular weight excluding hydrogens is 496 g/mol. The van der Waals surface area contributed by atoms with Crippen LogP contribution in [-0.4, -0.2) is 16.0 Å². The van der Waals surface area contributed by atoms with Crippen molar-refractivity contribution in [1.82, 2.24) is 4.57 Å². The zero-order valence-corrected chi connectivity index (χ0v) is 23.1. The third kappa shape index (κ3) is 10.5. The molecule has 0 saturated heterocycles. The molecule has 0 bridgehead atoms. The molecule has 0 radical (unpaired) electrons. The highest BCUT2D eigenvalue weighted by Gasteiger charge is 2.13. The molecule has 1 aliphatic carbocycles. The Kier molecular flexibility index (Phi) is 14.2. The summed E-state index contributed by atoms with van der Waals surface area (Å²) in [6.45, 7) is 3.34. The van der Waals surface area contributed by atoms with Crippen LogP contribution in [0.1, 0.15) is 102 Å². The van der Waals surface area contributed by atoms with Crippen molar-refractivity contribution in [2.75, 3.05) is 0 Å². The quantitative estimate of drug-likeness (QED) is 0.175. The van der Waals surface area contributed by atoms with E-state index in [-0.39, 0.29) is 17.0 Å². The Balaban J connectivity index is 0.00000432. The molecule has 1 aromatic heterocycles. The highest BCUT2D eigenvalue weighted by Crippen LogP contribution is 2.17. The number of pyridine rings is 1. The van der Waals surface area contributed by atoms with E-state index in [2.05, 4.69) is 34.1 Å². The highest BCUT2D eigenvalue weighted by atomic mass is 79.9. The lowest BCUT2D eigenvalue weighted by molar-refractivity contribution is 0.525. The van der Waals surface area contributed by atoms with Crippen LogP contribution in [-0.2, 0) is 6.54 Å². The van der Waals surface area contributed by atoms with E-state index >= 15 is 0 Å². The highest BCUT2D eigenvalue weighted by molar-refractivity contribution is 8.93. The zero-order chi connectivity index (χ0) is 23.8. The molecule has 35 heavy (non-hydrogen) atoms. The lowest BCUT2D eigenvalue weighted by atomic mass is 9.94. The first-order valence-electron chi connectivity index (χ1n) is 13.4. The molecule has 1 heterocycles. The Morgan fingerprint density at radius 1 is 0.657 bits per heavy atom. The number of hydrogen-bond acceptors (Lipinski definition) is 3. The van der Waals surface area contributed by atoms with Gasteiger partial charge in [-0.1, -0.05) is 108 Å². The molecule has 0 aliphatic heterocycles. The smallest absolute Gasteiger partial charge is 0.0936 e. The Morgan fingerprint density at radius 2 is 1.20 bits per heavy atom. The lowest BCUT2D eigenvalue weighted by Crippen LogP contribution is -2.12. The SMILES string of the molecule is Br.CCCCCCCCCCCCCCCn1ccc(=N/N=C2\C=CC(=N)c3ccccc32)cc1. The number of nitrogens with zero attached hydrogens (tertiary/aromatic N) is 3. The molecule has 0 unspecified atom stereocenters. The van der Waals surface area contributed by atoms with Gasteiger partial charge in [0.1, 0.15) is 0 Å². The fraction of sp³-hybridized carbons (Fsp3) is 0.500. The van der Waals surface area contributed by atoms with Gasteiger partial charge >= 0.3 is 0 Å². The van der Waals surface area contributed by atoms with Gasteiger partial charge in [-0.3, -0.25) is 0 Å². The Bertz CT molecular complexity index is 999. The molecule has 5 heteroatoms. The number of hydrogen-bond donors (Lipinski definition) is 1. The van der Waals surface area contributed by atoms with Crippen molar-refractivity contribution in [3.05, 3.63) is 77.4 Å². The Hall–Kier alpha value is -2.27. The van der Waals surface area contributed by atoms with E-state index in [1.165, 1.54) is 83.5 Å². The van der Waals surface area contributed by atoms with Crippen molar-refractivity contribution >= 4 is 28.4 Å². The maximum atomic E-state index is 8.06. The molecule has 190 valence electrons. The van der Waals surface area contributed by atoms with Gasteiger partial charge in [0.05, 0.1) is 16.8 Å². The van der Waals surface area contributed by atoms with Gasteiger partial charge in [-0.15, -0.1) is 22.1 Å². The van der Waals surface area contributed by atoms with Crippen LogP contribution in [0.5, 0.6) is 0 Å². The van der Waals surface area contributed by atoms with E-state index in [4.69, 9.17) is 5.41 Å². The van der Waals surface area contributed by atoms with Crippen LogP contribution in [0.2, 0.25) is 0 Å². The second-order valence-electron chi connectivity index (χ2n) is 9.41. The number of nitrogens with one attached hydrogen (secondary N) is 1. The number of aryl methyl sites for hydroxylation is 1. The van der Waals surface area contributed by atoms with Gasteiger partial charge < -0.3 is 9.98 Å². The summed E-state index contributed by atoms with van der Waals surface area (Å²) in [7, 11) is 0. The summed E-state index contributed by atoms with van der Waals surface area (Å²) in [4.78, 5) is 0. The number of fused-ring (bicyclic) bond motifs is 1. The minimum atomic E-state index is 0. The number of rotatable bonds is 15. The molecule has 0 saturated carbocycles. The van der Waals surface area contributed by atoms with E-state index in [0.717, 1.165) is 28.7 Å². The molecule has 1 aromatic carbocycles. The summed E-state index contributed by atoms with van der Waals surface area (Å²) < 4.78 is 2.24. The maximum Gasteiger partial charge on any atom is 0.0936 e. The standard InChI is InChI=1S/C30H42N4.BrH/c1-2-3-4-5-6-7-8-9-10-11-12-13-16-23-34-24-21-26(22-25-34)32-33-30-20-19-29(31)27-17-14-15-18-28(27)30;/h14-15,17-22,24-25,31H,2-13,16,23H2,1H3;1H/b31-29?,33-30+;. The largest absolute Gasteiger partial charge is 0.354 e. The van der Waals surface area contributed by atoms with Crippen LogP contribution in [0, 0.1) is 5.41 Å². The first-order chi connectivity index (χ1) is 16.8. The van der Waals surface area contributed by atoms with Crippen molar-refractivity contribution in [1.29, 1.82) is 5.41 Å². The number of halogens is 1. The van der Waals surface area contributed by atoms with Crippen LogP contribution in [0.3, 0.4) is 0 Å². The molecule has 1 aliphatic rings. The molecular formula is C30H43BrN4. The average molecular weight is 540 g/mol. The summed E-state index contributed by atoms with van der Waals surface area (Å²) in [5.41, 5.74) is 3.19. The first kappa shape index (κ1) is 29.0. The molecule has 0 atom stereocenters. The van der Waals surface area contributed by atoms with Gasteiger partial charge in [0.15, 0.2) is 0 Å². The summed E-state index contributed by atoms with van der Waals surface area (Å²) in [6.07, 6.45) is 25.9. The fourth-order valence-electron chi connectivity index (χ4n) is 4.46. The van der Waals surface area contributed by atoms with Crippen LogP contribution in [0.4, 0.5) is 0 Å². The van der Waals surface area contributed by atoms with Crippen molar-refractivity contribution in [2.24, 2.45) is 10.2 Å². The number of allylic oxidation sites excluding steroid dienone is 2. The van der Waals surface area contributed by atoms with Crippen LogP contribution in [0.25, 0.3) is 0 Å². The Morgan fingerprint density at radius 3 is 1.80 bits per heavy atom. The van der Waals surface area contributed by atoms with Crippen LogP contribution >= 0.6 is 17.0 Å². The molecule has 0 fully saturated rings. The topological polar surface area (TPSA) is 53.5 Å². The van der Waals surface area contributed by atoms with Gasteiger partial charge in [-0.25, -0.2) is 0 Å². The normalized spacial score (nSPS) is 13.5. The maximum absolute atomic E-state index is 8.06. The Labute approximate surface area is 222 Å². The van der Waals surface area contributed by atoms with Crippen molar-refractivity contribution in [3.63, 3.8) is 0 Å². The predicted octanol–water partition coefficient (Wildman–Crippen LogP) is 8.40. The van der Waals surface area contributed by atoms with Crippen LogP contribution in [0.15, 0.2) is 71.1 Å². The van der Waals surface area contributed by atoms with Gasteiger partial charge in [-0.2, -0.15) is 5.10 Å². The van der Waals surface area contributed by atoms with E-state index in [1.54, 1.807) is 6.08 Å². The lowest BCUT2D eigenvalue weighted by Gasteiger charge is -2.12. The number of aromatic nitrogens is 1. The monoisotopic (exact) mass is 538 g/mol. The average Bonchev–Trinajstić information content (AvgIpc) is 2.87. The van der Waals surface area contributed by atoms with Crippen molar-refractivity contribution in [2.45, 2.75) is 96.9 Å². The summed E-state index contributed by atoms with van der Waals surface area (Å²) in [6, 6.07) is 11.9. The molecule has 0 spiro atoms. The van der Waals surface area contributed by atoms with E-state index < -0.39 is 0 Å². The number of benzene rings is 1. The summed E-state index contributed by atoms with van der Waals surface area (Å²) in [5, 5.41) is 17.8. The number of unbranched alkanes of at least 4 members (excludes halogenated alkanes) is 12. The van der Waals surface area contributed by atoms with E-state index in [9.17, 15) is 0 Å². The third-order valence-corrected chi connectivity index (χ3v) is 6.57. The molecule has 3 rings (SSSR count). The molecule has 0 amide bonds.